The van der Waals surface area contributed by atoms with Crippen molar-refractivity contribution in [3.63, 3.8) is 0 Å². The summed E-state index contributed by atoms with van der Waals surface area (Å²) >= 11 is 0. The highest BCUT2D eigenvalue weighted by Gasteiger charge is 2.20. The zero-order valence-electron chi connectivity index (χ0n) is 9.32. The molecule has 0 fully saturated rings. The van der Waals surface area contributed by atoms with Crippen molar-refractivity contribution in [1.82, 2.24) is 9.97 Å². The van der Waals surface area contributed by atoms with E-state index in [1.165, 1.54) is 12.4 Å². The Kier molecular flexibility index (Phi) is 3.42. The van der Waals surface area contributed by atoms with Crippen molar-refractivity contribution in [2.45, 2.75) is 0 Å². The Labute approximate surface area is 105 Å². The molecule has 7 nitrogen and oxygen atoms in total. The second-order valence-corrected chi connectivity index (χ2v) is 3.35. The molecule has 2 aromatic rings. The number of ether oxygens (including phenoxy) is 1. The fraction of sp³-hybridized carbons (Fsp3) is 0. The Balaban J connectivity index is 2.31. The van der Waals surface area contributed by atoms with Crippen LogP contribution in [0.2, 0.25) is 0 Å². The number of halogens is 1. The summed E-state index contributed by atoms with van der Waals surface area (Å²) in [5.41, 5.74) is -0.653. The lowest BCUT2D eigenvalue weighted by Gasteiger charge is -2.04. The van der Waals surface area contributed by atoms with E-state index in [1.807, 2.05) is 0 Å². The Bertz CT molecular complexity index is 633. The smallest absolute Gasteiger partial charge is 0.364 e. The highest BCUT2D eigenvalue weighted by atomic mass is 19.1. The monoisotopic (exact) mass is 263 g/mol. The van der Waals surface area contributed by atoms with Crippen molar-refractivity contribution in [2.75, 3.05) is 0 Å². The van der Waals surface area contributed by atoms with Gasteiger partial charge in [-0.15, -0.1) is 0 Å². The molecule has 1 heterocycles. The SMILES string of the molecule is O=C(Oc1cc(F)ccc1[N+](=O)[O-])c1cnccn1. The van der Waals surface area contributed by atoms with Crippen molar-refractivity contribution < 1.29 is 18.8 Å². The third-order valence-electron chi connectivity index (χ3n) is 2.09. The number of nitrogens with zero attached hydrogens (tertiary/aromatic N) is 3. The molecule has 0 spiro atoms. The molecule has 0 aliphatic heterocycles. The first-order chi connectivity index (χ1) is 9.08. The number of benzene rings is 1. The van der Waals surface area contributed by atoms with Gasteiger partial charge < -0.3 is 4.74 Å². The Morgan fingerprint density at radius 1 is 1.37 bits per heavy atom. The van der Waals surface area contributed by atoms with Gasteiger partial charge in [-0.25, -0.2) is 14.2 Å². The van der Waals surface area contributed by atoms with Crippen LogP contribution in [-0.4, -0.2) is 20.9 Å². The predicted molar refractivity (Wildman–Crippen MR) is 60.0 cm³/mol. The van der Waals surface area contributed by atoms with Crippen LogP contribution in [0.3, 0.4) is 0 Å². The summed E-state index contributed by atoms with van der Waals surface area (Å²) in [5.74, 6) is -2.20. The summed E-state index contributed by atoms with van der Waals surface area (Å²) in [6, 6.07) is 2.57. The van der Waals surface area contributed by atoms with Crippen LogP contribution >= 0.6 is 0 Å². The zero-order valence-corrected chi connectivity index (χ0v) is 9.32. The molecule has 0 atom stereocenters. The molecule has 19 heavy (non-hydrogen) atoms. The summed E-state index contributed by atoms with van der Waals surface area (Å²) in [6.07, 6.45) is 3.74. The number of hydrogen-bond acceptors (Lipinski definition) is 6. The summed E-state index contributed by atoms with van der Waals surface area (Å²) in [5, 5.41) is 10.7. The lowest BCUT2D eigenvalue weighted by molar-refractivity contribution is -0.385. The van der Waals surface area contributed by atoms with E-state index >= 15 is 0 Å². The van der Waals surface area contributed by atoms with E-state index in [2.05, 4.69) is 9.97 Å². The molecule has 0 bridgehead atoms. The molecule has 1 aromatic heterocycles. The predicted octanol–water partition coefficient (Wildman–Crippen LogP) is 1.74. The molecule has 0 aliphatic rings. The quantitative estimate of drug-likeness (QED) is 0.362. The number of aromatic nitrogens is 2. The minimum absolute atomic E-state index is 0.138. The molecule has 0 amide bonds. The van der Waals surface area contributed by atoms with E-state index in [0.717, 1.165) is 24.4 Å². The topological polar surface area (TPSA) is 95.2 Å². The van der Waals surface area contributed by atoms with Crippen LogP contribution in [0.25, 0.3) is 0 Å². The number of nitro groups is 1. The first-order valence-electron chi connectivity index (χ1n) is 5.00. The molecule has 2 rings (SSSR count). The minimum Gasteiger partial charge on any atom is -0.414 e. The van der Waals surface area contributed by atoms with Crippen LogP contribution in [0.4, 0.5) is 10.1 Å². The van der Waals surface area contributed by atoms with Crippen molar-refractivity contribution in [2.24, 2.45) is 0 Å². The van der Waals surface area contributed by atoms with Gasteiger partial charge in [0.05, 0.1) is 11.1 Å². The number of carbonyl (C=O) groups excluding carboxylic acids is 1. The van der Waals surface area contributed by atoms with Gasteiger partial charge in [-0.05, 0) is 6.07 Å². The van der Waals surface area contributed by atoms with E-state index < -0.39 is 28.1 Å². The van der Waals surface area contributed by atoms with E-state index in [0.29, 0.717) is 0 Å². The lowest BCUT2D eigenvalue weighted by atomic mass is 10.3. The number of hydrogen-bond donors (Lipinski definition) is 0. The molecule has 0 radical (unpaired) electrons. The fourth-order valence-corrected chi connectivity index (χ4v) is 1.28. The van der Waals surface area contributed by atoms with Gasteiger partial charge in [0.1, 0.15) is 5.82 Å². The molecule has 8 heteroatoms. The van der Waals surface area contributed by atoms with Gasteiger partial charge in [-0.1, -0.05) is 0 Å². The van der Waals surface area contributed by atoms with Gasteiger partial charge in [0.2, 0.25) is 5.75 Å². The average molecular weight is 263 g/mol. The summed E-state index contributed by atoms with van der Waals surface area (Å²) < 4.78 is 17.8. The van der Waals surface area contributed by atoms with Crippen molar-refractivity contribution in [3.05, 3.63) is 58.4 Å². The number of esters is 1. The maximum absolute atomic E-state index is 13.0. The molecule has 0 aliphatic carbocycles. The zero-order chi connectivity index (χ0) is 13.8. The second-order valence-electron chi connectivity index (χ2n) is 3.35. The molecule has 0 saturated heterocycles. The first-order valence-corrected chi connectivity index (χ1v) is 5.00. The average Bonchev–Trinajstić information content (AvgIpc) is 2.39. The highest BCUT2D eigenvalue weighted by Crippen LogP contribution is 2.27. The fourth-order valence-electron chi connectivity index (χ4n) is 1.28. The third-order valence-corrected chi connectivity index (χ3v) is 2.09. The highest BCUT2D eigenvalue weighted by molar-refractivity contribution is 5.89. The minimum atomic E-state index is -0.957. The van der Waals surface area contributed by atoms with Crippen LogP contribution in [0.1, 0.15) is 10.5 Å². The van der Waals surface area contributed by atoms with Crippen LogP contribution in [0.15, 0.2) is 36.8 Å². The second kappa shape index (κ2) is 5.17. The Hall–Kier alpha value is -2.90. The molecule has 0 saturated carbocycles. The largest absolute Gasteiger partial charge is 0.414 e. The van der Waals surface area contributed by atoms with Gasteiger partial charge in [-0.3, -0.25) is 15.1 Å². The van der Waals surface area contributed by atoms with Crippen molar-refractivity contribution in [1.29, 1.82) is 0 Å². The van der Waals surface area contributed by atoms with Gasteiger partial charge in [-0.2, -0.15) is 0 Å². The van der Waals surface area contributed by atoms with Crippen LogP contribution in [0, 0.1) is 15.9 Å². The van der Waals surface area contributed by atoms with Gasteiger partial charge in [0, 0.05) is 24.5 Å². The van der Waals surface area contributed by atoms with E-state index in [9.17, 15) is 19.3 Å². The molecular formula is C11H6FN3O4. The Morgan fingerprint density at radius 2 is 2.16 bits per heavy atom. The molecular weight excluding hydrogens is 257 g/mol. The van der Waals surface area contributed by atoms with E-state index in [-0.39, 0.29) is 5.69 Å². The molecule has 96 valence electrons. The number of nitro benzene ring substituents is 1. The molecule has 1 aromatic carbocycles. The standard InChI is InChI=1S/C11H6FN3O4/c12-7-1-2-9(15(17)18)10(5-7)19-11(16)8-6-13-3-4-14-8/h1-6H. The lowest BCUT2D eigenvalue weighted by Crippen LogP contribution is -2.11. The third kappa shape index (κ3) is 2.86. The van der Waals surface area contributed by atoms with Crippen LogP contribution in [0.5, 0.6) is 5.75 Å². The normalized spacial score (nSPS) is 9.95. The maximum Gasteiger partial charge on any atom is 0.364 e. The van der Waals surface area contributed by atoms with Crippen LogP contribution < -0.4 is 4.74 Å². The van der Waals surface area contributed by atoms with E-state index in [4.69, 9.17) is 4.74 Å². The number of rotatable bonds is 3. The molecule has 0 N–H and O–H groups in total. The summed E-state index contributed by atoms with van der Waals surface area (Å²) in [4.78, 5) is 28.9. The van der Waals surface area contributed by atoms with E-state index in [1.54, 1.807) is 0 Å². The Morgan fingerprint density at radius 3 is 2.79 bits per heavy atom. The van der Waals surface area contributed by atoms with Gasteiger partial charge in [0.15, 0.2) is 5.69 Å². The summed E-state index contributed by atoms with van der Waals surface area (Å²) in [6.45, 7) is 0. The number of carbonyl (C=O) groups is 1. The first kappa shape index (κ1) is 12.6. The van der Waals surface area contributed by atoms with Gasteiger partial charge >= 0.3 is 11.7 Å². The van der Waals surface area contributed by atoms with Gasteiger partial charge in [0.25, 0.3) is 0 Å². The van der Waals surface area contributed by atoms with Crippen molar-refractivity contribution in [3.8, 4) is 5.75 Å². The molecule has 0 unspecified atom stereocenters. The maximum atomic E-state index is 13.0. The summed E-state index contributed by atoms with van der Waals surface area (Å²) in [7, 11) is 0. The van der Waals surface area contributed by atoms with Crippen LogP contribution in [-0.2, 0) is 0 Å². The van der Waals surface area contributed by atoms with Crippen molar-refractivity contribution >= 4 is 11.7 Å².